The first-order valence-electron chi connectivity index (χ1n) is 7.55. The van der Waals surface area contributed by atoms with E-state index in [9.17, 15) is 27.9 Å². The second-order valence-corrected chi connectivity index (χ2v) is 9.27. The van der Waals surface area contributed by atoms with Crippen LogP contribution in [0, 0.1) is 0 Å². The summed E-state index contributed by atoms with van der Waals surface area (Å²) in [5.74, 6) is 0.428. The minimum absolute atomic E-state index is 0.0221. The maximum Gasteiger partial charge on any atom is 0.466 e. The Morgan fingerprint density at radius 1 is 1.23 bits per heavy atom. The molecule has 0 aromatic rings. The van der Waals surface area contributed by atoms with Gasteiger partial charge < -0.3 is 25.2 Å². The molecule has 11 nitrogen and oxygen atoms in total. The van der Waals surface area contributed by atoms with Gasteiger partial charge in [0.25, 0.3) is 0 Å². The number of oxime groups is 1. The molecule has 154 valence electrons. The molecule has 1 aliphatic rings. The van der Waals surface area contributed by atoms with Crippen molar-refractivity contribution in [3.8, 4) is 0 Å². The topological polar surface area (TPSA) is 183 Å². The maximum atomic E-state index is 11.1. The van der Waals surface area contributed by atoms with Crippen LogP contribution < -0.4 is 0 Å². The molecule has 1 heterocycles. The summed E-state index contributed by atoms with van der Waals surface area (Å²) in [6.45, 7) is -0.613. The predicted octanol–water partition coefficient (Wildman–Crippen LogP) is -1.80. The van der Waals surface area contributed by atoms with Crippen LogP contribution in [0.5, 0.6) is 0 Å². The summed E-state index contributed by atoms with van der Waals surface area (Å²) < 4.78 is 50.4. The van der Waals surface area contributed by atoms with Crippen molar-refractivity contribution in [2.24, 2.45) is 5.16 Å². The Labute approximate surface area is 157 Å². The molecule has 0 aromatic carbocycles. The molecule has 1 saturated heterocycles. The van der Waals surface area contributed by atoms with Crippen molar-refractivity contribution in [2.75, 3.05) is 18.6 Å². The van der Waals surface area contributed by atoms with E-state index in [1.54, 1.807) is 6.26 Å². The molecule has 1 rings (SSSR count). The summed E-state index contributed by atoms with van der Waals surface area (Å²) in [6.07, 6.45) is -3.09. The van der Waals surface area contributed by atoms with Gasteiger partial charge in [-0.3, -0.25) is 8.76 Å². The first kappa shape index (κ1) is 23.7. The summed E-state index contributed by atoms with van der Waals surface area (Å²) in [6, 6.07) is 0. The van der Waals surface area contributed by atoms with E-state index in [1.807, 2.05) is 0 Å². The monoisotopic (exact) mass is 437 g/mol. The molecule has 0 bridgehead atoms. The maximum absolute atomic E-state index is 11.1. The van der Waals surface area contributed by atoms with Gasteiger partial charge in [0.2, 0.25) is 0 Å². The zero-order chi connectivity index (χ0) is 19.9. The average Bonchev–Trinajstić information content (AvgIpc) is 2.55. The predicted molar refractivity (Wildman–Crippen MR) is 94.2 cm³/mol. The van der Waals surface area contributed by atoms with Gasteiger partial charge in [-0.15, -0.1) is 0 Å². The van der Waals surface area contributed by atoms with Crippen LogP contribution in [0.15, 0.2) is 5.16 Å². The molecule has 0 aromatic heterocycles. The molecule has 0 spiro atoms. The summed E-state index contributed by atoms with van der Waals surface area (Å²) in [4.78, 5) is 0. The van der Waals surface area contributed by atoms with Gasteiger partial charge >= 0.3 is 10.4 Å². The minimum atomic E-state index is -4.83. The van der Waals surface area contributed by atoms with E-state index in [2.05, 4.69) is 9.44 Å². The van der Waals surface area contributed by atoms with Crippen LogP contribution in [0.25, 0.3) is 0 Å². The van der Waals surface area contributed by atoms with Crippen molar-refractivity contribution in [1.29, 1.82) is 0 Å². The Morgan fingerprint density at radius 3 is 2.42 bits per heavy atom. The van der Waals surface area contributed by atoms with Crippen molar-refractivity contribution in [2.45, 2.75) is 49.1 Å². The van der Waals surface area contributed by atoms with Gasteiger partial charge in [-0.25, -0.2) is 4.28 Å². The molecule has 1 fully saturated rings. The average molecular weight is 438 g/mol. The minimum Gasteiger partial charge on any atom is -0.394 e. The summed E-state index contributed by atoms with van der Waals surface area (Å²) in [5, 5.41) is 42.0. The smallest absolute Gasteiger partial charge is 0.394 e. The van der Waals surface area contributed by atoms with E-state index in [-0.39, 0.29) is 11.5 Å². The molecular formula is C12H23NO10S3. The highest BCUT2D eigenvalue weighted by molar-refractivity contribution is 8.14. The van der Waals surface area contributed by atoms with Gasteiger partial charge in [-0.2, -0.15) is 8.42 Å². The van der Waals surface area contributed by atoms with Gasteiger partial charge in [-0.05, 0) is 19.3 Å². The van der Waals surface area contributed by atoms with Gasteiger partial charge in [0, 0.05) is 22.8 Å². The number of hydrogen-bond acceptors (Lipinski definition) is 11. The van der Waals surface area contributed by atoms with Crippen molar-refractivity contribution < 1.29 is 46.6 Å². The zero-order valence-electron chi connectivity index (χ0n) is 13.9. The molecule has 1 aliphatic heterocycles. The molecule has 0 radical (unpaired) electrons. The second-order valence-electron chi connectivity index (χ2n) is 5.54. The van der Waals surface area contributed by atoms with Crippen LogP contribution in [-0.4, -0.2) is 91.1 Å². The molecule has 26 heavy (non-hydrogen) atoms. The van der Waals surface area contributed by atoms with E-state index in [0.717, 1.165) is 11.8 Å². The molecular weight excluding hydrogens is 414 g/mol. The third-order valence-corrected chi connectivity index (χ3v) is 5.71. The van der Waals surface area contributed by atoms with Crippen LogP contribution >= 0.6 is 11.8 Å². The zero-order valence-corrected chi connectivity index (χ0v) is 16.3. The van der Waals surface area contributed by atoms with Crippen LogP contribution in [0.4, 0.5) is 0 Å². The van der Waals surface area contributed by atoms with E-state index in [4.69, 9.17) is 14.4 Å². The summed E-state index contributed by atoms with van der Waals surface area (Å²) in [7, 11) is -5.83. The lowest BCUT2D eigenvalue weighted by Gasteiger charge is -2.39. The molecule has 0 amide bonds. The largest absolute Gasteiger partial charge is 0.466 e. The summed E-state index contributed by atoms with van der Waals surface area (Å²) in [5.41, 5.74) is -1.17. The van der Waals surface area contributed by atoms with Crippen molar-refractivity contribution in [1.82, 2.24) is 0 Å². The Balaban J connectivity index is 2.80. The van der Waals surface area contributed by atoms with E-state index in [1.165, 1.54) is 0 Å². The van der Waals surface area contributed by atoms with E-state index in [0.29, 0.717) is 18.6 Å². The third kappa shape index (κ3) is 8.14. The molecule has 0 saturated carbocycles. The van der Waals surface area contributed by atoms with Crippen molar-refractivity contribution >= 4 is 38.0 Å². The fourth-order valence-electron chi connectivity index (χ4n) is 2.10. The normalized spacial score (nSPS) is 31.6. The fourth-order valence-corrected chi connectivity index (χ4v) is 4.05. The number of thioether (sulfide) groups is 1. The standard InChI is InChI=1S/C12H23NO10S3/c1-25(18)5-3-2-4-8(13-23-26(19,20)21)24-12-11(17)10(16)9(15)7(6-14)22-12/h7,9-12,14-17H,2-6H2,1H3,(H,19,20,21)/b13-8+/t7-,9-,10+,11-,12?,25?/m1/s1. The van der Waals surface area contributed by atoms with Crippen molar-refractivity contribution in [3.05, 3.63) is 0 Å². The first-order valence-corrected chi connectivity index (χ1v) is 11.5. The number of nitrogens with zero attached hydrogens (tertiary/aromatic N) is 1. The number of aliphatic hydroxyl groups is 4. The van der Waals surface area contributed by atoms with Crippen molar-refractivity contribution in [3.63, 3.8) is 0 Å². The lowest BCUT2D eigenvalue weighted by molar-refractivity contribution is -0.205. The second kappa shape index (κ2) is 10.9. The molecule has 5 N–H and O–H groups in total. The summed E-state index contributed by atoms with van der Waals surface area (Å²) >= 11 is 0.717. The van der Waals surface area contributed by atoms with E-state index < -0.39 is 57.7 Å². The first-order chi connectivity index (χ1) is 12.0. The van der Waals surface area contributed by atoms with Crippen LogP contribution in [0.3, 0.4) is 0 Å². The third-order valence-electron chi connectivity index (χ3n) is 3.41. The Bertz CT molecular complexity index is 596. The SMILES string of the molecule is CS(=O)CCCC/C(=N\OS(=O)(=O)O)SC1O[C@H](CO)[C@@H](O)[C@H](O)[C@H]1O. The Hall–Kier alpha value is -0.320. The Morgan fingerprint density at radius 2 is 1.88 bits per heavy atom. The van der Waals surface area contributed by atoms with Crippen LogP contribution in [0.1, 0.15) is 19.3 Å². The molecule has 0 aliphatic carbocycles. The lowest BCUT2D eigenvalue weighted by Crippen LogP contribution is -2.57. The van der Waals surface area contributed by atoms with Gasteiger partial charge in [0.1, 0.15) is 34.9 Å². The van der Waals surface area contributed by atoms with Crippen LogP contribution in [-0.2, 0) is 30.2 Å². The molecule has 14 heteroatoms. The van der Waals surface area contributed by atoms with E-state index >= 15 is 0 Å². The number of hydrogen-bond donors (Lipinski definition) is 5. The quantitative estimate of drug-likeness (QED) is 0.0901. The molecule has 2 unspecified atom stereocenters. The lowest BCUT2D eigenvalue weighted by atomic mass is 10.0. The highest BCUT2D eigenvalue weighted by Crippen LogP contribution is 2.30. The number of ether oxygens (including phenoxy) is 1. The van der Waals surface area contributed by atoms with Gasteiger partial charge in [0.15, 0.2) is 0 Å². The Kier molecular flexibility index (Phi) is 9.92. The number of aliphatic hydroxyl groups excluding tert-OH is 4. The van der Waals surface area contributed by atoms with Gasteiger partial charge in [-0.1, -0.05) is 16.9 Å². The van der Waals surface area contributed by atoms with Gasteiger partial charge in [0.05, 0.1) is 6.61 Å². The van der Waals surface area contributed by atoms with Crippen LogP contribution in [0.2, 0.25) is 0 Å². The molecule has 6 atom stereocenters. The number of unbranched alkanes of at least 4 members (excludes halogenated alkanes) is 1. The number of rotatable bonds is 9. The fraction of sp³-hybridized carbons (Fsp3) is 0.917. The highest BCUT2D eigenvalue weighted by atomic mass is 32.3. The highest BCUT2D eigenvalue weighted by Gasteiger charge is 2.44.